The van der Waals surface area contributed by atoms with E-state index >= 15 is 0 Å². The number of rotatable bonds is 5. The van der Waals surface area contributed by atoms with Gasteiger partial charge in [-0.05, 0) is 24.1 Å². The Morgan fingerprint density at radius 3 is 2.52 bits per heavy atom. The molecule has 0 spiro atoms. The maximum atomic E-state index is 12.1. The van der Waals surface area contributed by atoms with Gasteiger partial charge in [0.05, 0.1) is 18.1 Å². The highest BCUT2D eigenvalue weighted by Crippen LogP contribution is 2.24. The fourth-order valence-electron chi connectivity index (χ4n) is 1.85. The second-order valence-corrected chi connectivity index (χ2v) is 5.07. The summed E-state index contributed by atoms with van der Waals surface area (Å²) in [6.07, 6.45) is -0.339. The Morgan fingerprint density at radius 1 is 1.29 bits per heavy atom. The zero-order chi connectivity index (χ0) is 15.5. The van der Waals surface area contributed by atoms with Crippen LogP contribution in [0, 0.1) is 0 Å². The molecule has 0 saturated carbocycles. The molecule has 0 aliphatic heterocycles. The van der Waals surface area contributed by atoms with Crippen LogP contribution in [0.3, 0.4) is 0 Å². The first-order valence-corrected chi connectivity index (χ1v) is 6.82. The van der Waals surface area contributed by atoms with Crippen LogP contribution < -0.4 is 4.74 Å². The van der Waals surface area contributed by atoms with Crippen molar-refractivity contribution in [3.8, 4) is 5.75 Å². The largest absolute Gasteiger partial charge is 0.573 e. The third kappa shape index (κ3) is 4.67. The molecule has 2 aromatic rings. The third-order valence-electron chi connectivity index (χ3n) is 2.87. The molecular weight excluding hydrogens is 305 g/mol. The van der Waals surface area contributed by atoms with Gasteiger partial charge in [0, 0.05) is 11.8 Å². The zero-order valence-electron chi connectivity index (χ0n) is 11.3. The van der Waals surface area contributed by atoms with E-state index in [0.29, 0.717) is 6.54 Å². The molecule has 0 radical (unpaired) electrons. The van der Waals surface area contributed by atoms with Crippen LogP contribution >= 0.6 is 11.6 Å². The highest BCUT2D eigenvalue weighted by molar-refractivity contribution is 6.20. The molecule has 0 fully saturated rings. The molecule has 0 aliphatic rings. The molecule has 7 heteroatoms. The number of nitrogens with zero attached hydrogens (tertiary/aromatic N) is 2. The summed E-state index contributed by atoms with van der Waals surface area (Å²) in [5.74, 6) is -0.237. The van der Waals surface area contributed by atoms with E-state index in [2.05, 4.69) is 9.84 Å². The monoisotopic (exact) mass is 318 g/mol. The number of alkyl halides is 4. The number of hydrogen-bond acceptors (Lipinski definition) is 2. The van der Waals surface area contributed by atoms with Crippen molar-refractivity contribution in [2.75, 3.05) is 0 Å². The van der Waals surface area contributed by atoms with E-state index in [1.54, 1.807) is 23.0 Å². The fraction of sp³-hybridized carbons (Fsp3) is 0.357. The highest BCUT2D eigenvalue weighted by Gasteiger charge is 2.30. The zero-order valence-corrected chi connectivity index (χ0v) is 12.0. The molecule has 2 rings (SSSR count). The molecule has 0 bridgehead atoms. The summed E-state index contributed by atoms with van der Waals surface area (Å²) >= 11 is 6.11. The predicted octanol–water partition coefficient (Wildman–Crippen LogP) is 4.52. The van der Waals surface area contributed by atoms with Crippen LogP contribution in [-0.4, -0.2) is 16.1 Å². The van der Waals surface area contributed by atoms with Crippen molar-refractivity contribution in [3.63, 3.8) is 0 Å². The van der Waals surface area contributed by atoms with E-state index in [4.69, 9.17) is 11.6 Å². The topological polar surface area (TPSA) is 27.1 Å². The molecule has 21 heavy (non-hydrogen) atoms. The minimum atomic E-state index is -4.67. The third-order valence-corrected chi connectivity index (χ3v) is 3.44. The van der Waals surface area contributed by atoms with Gasteiger partial charge in [0.25, 0.3) is 0 Å². The molecule has 0 amide bonds. The number of ether oxygens (including phenoxy) is 1. The van der Waals surface area contributed by atoms with Crippen molar-refractivity contribution in [3.05, 3.63) is 47.8 Å². The number of hydrogen-bond donors (Lipinski definition) is 0. The summed E-state index contributed by atoms with van der Waals surface area (Å²) in [5.41, 5.74) is 1.75. The maximum absolute atomic E-state index is 12.1. The van der Waals surface area contributed by atoms with Gasteiger partial charge in [-0.3, -0.25) is 4.68 Å². The van der Waals surface area contributed by atoms with Crippen molar-refractivity contribution in [1.82, 2.24) is 9.78 Å². The van der Waals surface area contributed by atoms with Crippen LogP contribution in [0.25, 0.3) is 0 Å². The van der Waals surface area contributed by atoms with Crippen LogP contribution in [0.1, 0.15) is 29.8 Å². The average molecular weight is 319 g/mol. The lowest BCUT2D eigenvalue weighted by Crippen LogP contribution is -2.17. The molecule has 1 heterocycles. The Labute approximate surface area is 125 Å². The number of benzene rings is 1. The SMILES string of the molecule is CCC(Cl)c1cnn(Cc2ccc(OC(F)(F)F)cc2)c1. The second-order valence-electron chi connectivity index (χ2n) is 4.54. The quantitative estimate of drug-likeness (QED) is 0.758. The average Bonchev–Trinajstić information content (AvgIpc) is 2.87. The predicted molar refractivity (Wildman–Crippen MR) is 73.3 cm³/mol. The normalized spacial score (nSPS) is 13.2. The first kappa shape index (κ1) is 15.7. The molecule has 0 aliphatic carbocycles. The number of aromatic nitrogens is 2. The van der Waals surface area contributed by atoms with Crippen LogP contribution in [-0.2, 0) is 6.54 Å². The lowest BCUT2D eigenvalue weighted by Gasteiger charge is -2.09. The summed E-state index contributed by atoms with van der Waals surface area (Å²) in [6.45, 7) is 2.44. The lowest BCUT2D eigenvalue weighted by molar-refractivity contribution is -0.274. The minimum absolute atomic E-state index is 0.0821. The van der Waals surface area contributed by atoms with E-state index in [1.807, 2.05) is 13.1 Å². The molecule has 114 valence electrons. The van der Waals surface area contributed by atoms with E-state index in [1.165, 1.54) is 12.1 Å². The Hall–Kier alpha value is -1.69. The summed E-state index contributed by atoms with van der Waals surface area (Å²) in [6, 6.07) is 5.70. The van der Waals surface area contributed by atoms with Gasteiger partial charge < -0.3 is 4.74 Å². The van der Waals surface area contributed by atoms with E-state index < -0.39 is 6.36 Å². The van der Waals surface area contributed by atoms with Crippen molar-refractivity contribution < 1.29 is 17.9 Å². The molecule has 1 atom stereocenters. The molecule has 3 nitrogen and oxygen atoms in total. The van der Waals surface area contributed by atoms with Crippen LogP contribution in [0.5, 0.6) is 5.75 Å². The minimum Gasteiger partial charge on any atom is -0.406 e. The van der Waals surface area contributed by atoms with Crippen LogP contribution in [0.15, 0.2) is 36.7 Å². The smallest absolute Gasteiger partial charge is 0.406 e. The Bertz CT molecular complexity index is 581. The van der Waals surface area contributed by atoms with Gasteiger partial charge in [-0.2, -0.15) is 5.10 Å². The first-order chi connectivity index (χ1) is 9.87. The van der Waals surface area contributed by atoms with Crippen molar-refractivity contribution in [2.24, 2.45) is 0 Å². The summed E-state index contributed by atoms with van der Waals surface area (Å²) in [7, 11) is 0. The van der Waals surface area contributed by atoms with Crippen molar-refractivity contribution in [1.29, 1.82) is 0 Å². The maximum Gasteiger partial charge on any atom is 0.573 e. The van der Waals surface area contributed by atoms with Crippen LogP contribution in [0.2, 0.25) is 0 Å². The van der Waals surface area contributed by atoms with Gasteiger partial charge in [-0.1, -0.05) is 19.1 Å². The Kier molecular flexibility index (Phi) is 4.77. The first-order valence-electron chi connectivity index (χ1n) is 6.38. The highest BCUT2D eigenvalue weighted by atomic mass is 35.5. The van der Waals surface area contributed by atoms with Crippen molar-refractivity contribution >= 4 is 11.6 Å². The van der Waals surface area contributed by atoms with E-state index in [0.717, 1.165) is 17.5 Å². The van der Waals surface area contributed by atoms with Gasteiger partial charge in [0.15, 0.2) is 0 Å². The van der Waals surface area contributed by atoms with Gasteiger partial charge in [-0.15, -0.1) is 24.8 Å². The number of halogens is 4. The molecule has 1 unspecified atom stereocenters. The molecule has 1 aromatic carbocycles. The Balaban J connectivity index is 2.01. The van der Waals surface area contributed by atoms with Gasteiger partial charge in [0.2, 0.25) is 0 Å². The van der Waals surface area contributed by atoms with E-state index in [9.17, 15) is 13.2 Å². The molecule has 1 aromatic heterocycles. The Morgan fingerprint density at radius 2 is 1.95 bits per heavy atom. The summed E-state index contributed by atoms with van der Waals surface area (Å²) in [4.78, 5) is 0. The molecule has 0 saturated heterocycles. The van der Waals surface area contributed by atoms with Gasteiger partial charge in [-0.25, -0.2) is 0 Å². The van der Waals surface area contributed by atoms with Crippen molar-refractivity contribution in [2.45, 2.75) is 31.6 Å². The summed E-state index contributed by atoms with van der Waals surface area (Å²) in [5, 5.41) is 4.10. The van der Waals surface area contributed by atoms with Crippen LogP contribution in [0.4, 0.5) is 13.2 Å². The fourth-order valence-corrected chi connectivity index (χ4v) is 1.96. The molecular formula is C14H14ClF3N2O. The summed E-state index contributed by atoms with van der Waals surface area (Å²) < 4.78 is 41.7. The molecule has 0 N–H and O–H groups in total. The lowest BCUT2D eigenvalue weighted by atomic mass is 10.2. The van der Waals surface area contributed by atoms with E-state index in [-0.39, 0.29) is 11.1 Å². The second kappa shape index (κ2) is 6.39. The standard InChI is InChI=1S/C14H14ClF3N2O/c1-2-13(15)11-7-19-20(9-11)8-10-3-5-12(6-4-10)21-14(16,17)18/h3-7,9,13H,2,8H2,1H3. The van der Waals surface area contributed by atoms with Gasteiger partial charge in [0.1, 0.15) is 5.75 Å². The van der Waals surface area contributed by atoms with Gasteiger partial charge >= 0.3 is 6.36 Å².